The zero-order chi connectivity index (χ0) is 29.9. The second-order valence-corrected chi connectivity index (χ2v) is 13.1. The van der Waals surface area contributed by atoms with Gasteiger partial charge >= 0.3 is 0 Å². The van der Waals surface area contributed by atoms with Gasteiger partial charge in [-0.3, -0.25) is 9.59 Å². The van der Waals surface area contributed by atoms with E-state index in [0.29, 0.717) is 17.3 Å². The molecule has 5 rings (SSSR count). The number of rotatable bonds is 10. The van der Waals surface area contributed by atoms with E-state index in [-0.39, 0.29) is 29.7 Å². The van der Waals surface area contributed by atoms with Gasteiger partial charge in [-0.25, -0.2) is 13.1 Å². The van der Waals surface area contributed by atoms with Crippen molar-refractivity contribution in [3.8, 4) is 5.75 Å². The first-order valence-electron chi connectivity index (χ1n) is 13.8. The Kier molecular flexibility index (Phi) is 8.73. The highest BCUT2D eigenvalue weighted by Gasteiger charge is 2.61. The van der Waals surface area contributed by atoms with Crippen molar-refractivity contribution in [1.82, 2.24) is 14.9 Å². The fourth-order valence-electron chi connectivity index (χ4n) is 5.58. The van der Waals surface area contributed by atoms with Gasteiger partial charge in [0.05, 0.1) is 10.8 Å². The van der Waals surface area contributed by atoms with Gasteiger partial charge < -0.3 is 15.0 Å². The molecule has 1 saturated carbocycles. The Hall–Kier alpha value is -3.66. The first-order chi connectivity index (χ1) is 20.1. The number of halogens is 1. The maximum absolute atomic E-state index is 13.7. The molecular weight excluding hydrogens is 574 g/mol. The lowest BCUT2D eigenvalue weighted by Gasteiger charge is -2.37. The van der Waals surface area contributed by atoms with E-state index in [0.717, 1.165) is 24.1 Å². The Balaban J connectivity index is 1.30. The van der Waals surface area contributed by atoms with E-state index in [1.165, 1.54) is 12.1 Å². The molecule has 220 valence electrons. The molecule has 1 aliphatic heterocycles. The van der Waals surface area contributed by atoms with E-state index in [4.69, 9.17) is 16.3 Å². The molecule has 0 unspecified atom stereocenters. The Bertz CT molecular complexity index is 1560. The minimum Gasteiger partial charge on any atom is -0.489 e. The normalized spacial score (nSPS) is 23.9. The topological polar surface area (TPSA) is 105 Å². The molecule has 1 heterocycles. The summed E-state index contributed by atoms with van der Waals surface area (Å²) >= 11 is 6.08. The summed E-state index contributed by atoms with van der Waals surface area (Å²) in [6.07, 6.45) is 2.60. The van der Waals surface area contributed by atoms with Gasteiger partial charge in [0.15, 0.2) is 0 Å². The molecule has 1 aliphatic carbocycles. The molecule has 1 saturated heterocycles. The van der Waals surface area contributed by atoms with Crippen LogP contribution in [-0.2, 0) is 26.2 Å². The largest absolute Gasteiger partial charge is 0.489 e. The molecule has 4 atom stereocenters. The van der Waals surface area contributed by atoms with E-state index in [1.54, 1.807) is 30.3 Å². The zero-order valence-electron chi connectivity index (χ0n) is 23.3. The summed E-state index contributed by atoms with van der Waals surface area (Å²) in [5.74, 6) is -1.63. The SMILES string of the molecule is C=C[C@@H]1C[C@]1(NC(=O)[C@@H]1CN(C)CC[C@H]1c1ccc(Cl)cc1)C(=O)NS(=O)(=O)c1cccc(OCc2ccccc2)c1. The number of sulfonamides is 1. The highest BCUT2D eigenvalue weighted by molar-refractivity contribution is 7.90. The summed E-state index contributed by atoms with van der Waals surface area (Å²) in [5, 5.41) is 3.54. The van der Waals surface area contributed by atoms with Crippen molar-refractivity contribution in [2.45, 2.75) is 35.8 Å². The quantitative estimate of drug-likeness (QED) is 0.329. The van der Waals surface area contributed by atoms with E-state index in [2.05, 4.69) is 21.5 Å². The second kappa shape index (κ2) is 12.3. The van der Waals surface area contributed by atoms with Gasteiger partial charge in [0.2, 0.25) is 5.91 Å². The van der Waals surface area contributed by atoms with Crippen LogP contribution in [0.3, 0.4) is 0 Å². The minimum absolute atomic E-state index is 0.0677. The highest BCUT2D eigenvalue weighted by Crippen LogP contribution is 2.46. The molecular formula is C32H34ClN3O5S. The van der Waals surface area contributed by atoms with Crippen molar-refractivity contribution in [2.75, 3.05) is 20.1 Å². The minimum atomic E-state index is -4.25. The van der Waals surface area contributed by atoms with Gasteiger partial charge in [0, 0.05) is 23.6 Å². The number of nitrogens with one attached hydrogen (secondary N) is 2. The summed E-state index contributed by atoms with van der Waals surface area (Å²) in [6.45, 7) is 5.39. The molecule has 0 aromatic heterocycles. The van der Waals surface area contributed by atoms with Gasteiger partial charge in [0.1, 0.15) is 17.9 Å². The number of piperidine rings is 1. The highest BCUT2D eigenvalue weighted by atomic mass is 35.5. The fraction of sp³-hybridized carbons (Fsp3) is 0.312. The van der Waals surface area contributed by atoms with Crippen LogP contribution in [0.4, 0.5) is 0 Å². The molecule has 8 nitrogen and oxygen atoms in total. The second-order valence-electron chi connectivity index (χ2n) is 11.0. The van der Waals surface area contributed by atoms with Gasteiger partial charge in [-0.05, 0) is 67.7 Å². The van der Waals surface area contributed by atoms with E-state index >= 15 is 0 Å². The number of benzene rings is 3. The number of ether oxygens (including phenoxy) is 1. The lowest BCUT2D eigenvalue weighted by molar-refractivity contribution is -0.133. The van der Waals surface area contributed by atoms with Crippen molar-refractivity contribution < 1.29 is 22.7 Å². The Morgan fingerprint density at radius 1 is 1.10 bits per heavy atom. The van der Waals surface area contributed by atoms with Crippen LogP contribution in [0.2, 0.25) is 5.02 Å². The third-order valence-corrected chi connectivity index (χ3v) is 9.67. The Labute approximate surface area is 251 Å². The standard InChI is InChI=1S/C32H34ClN3O5S/c1-3-24-19-32(24,34-30(37)29-20-36(2)17-16-28(29)23-12-14-25(33)15-13-23)31(38)35-42(39,40)27-11-7-10-26(18-27)41-21-22-8-5-4-6-9-22/h3-15,18,24,28-29H,1,16-17,19-21H2,2H3,(H,34,37)(H,35,38)/t24-,28+,29-,32-/m1/s1. The molecule has 2 fully saturated rings. The van der Waals surface area contributed by atoms with E-state index < -0.39 is 33.3 Å². The molecule has 3 aromatic rings. The third kappa shape index (κ3) is 6.53. The maximum atomic E-state index is 13.7. The summed E-state index contributed by atoms with van der Waals surface area (Å²) in [4.78, 5) is 29.3. The van der Waals surface area contributed by atoms with Crippen molar-refractivity contribution in [1.29, 1.82) is 0 Å². The Morgan fingerprint density at radius 2 is 1.83 bits per heavy atom. The first-order valence-corrected chi connectivity index (χ1v) is 15.7. The van der Waals surface area contributed by atoms with Gasteiger partial charge in [-0.15, -0.1) is 6.58 Å². The average molecular weight is 608 g/mol. The van der Waals surface area contributed by atoms with Crippen molar-refractivity contribution in [3.05, 3.63) is 108 Å². The summed E-state index contributed by atoms with van der Waals surface area (Å²) in [6, 6.07) is 22.9. The Morgan fingerprint density at radius 3 is 2.52 bits per heavy atom. The monoisotopic (exact) mass is 607 g/mol. The van der Waals surface area contributed by atoms with Crippen LogP contribution in [0.1, 0.15) is 29.9 Å². The lowest BCUT2D eigenvalue weighted by Crippen LogP contribution is -2.55. The lowest BCUT2D eigenvalue weighted by atomic mass is 9.80. The van der Waals surface area contributed by atoms with Crippen LogP contribution in [0.25, 0.3) is 0 Å². The predicted octanol–water partition coefficient (Wildman–Crippen LogP) is 4.52. The number of hydrogen-bond acceptors (Lipinski definition) is 6. The number of hydrogen-bond donors (Lipinski definition) is 2. The van der Waals surface area contributed by atoms with E-state index in [9.17, 15) is 18.0 Å². The first kappa shape index (κ1) is 29.8. The molecule has 0 radical (unpaired) electrons. The zero-order valence-corrected chi connectivity index (χ0v) is 24.9. The molecule has 2 aliphatic rings. The van der Waals surface area contributed by atoms with Crippen molar-refractivity contribution in [3.63, 3.8) is 0 Å². The van der Waals surface area contributed by atoms with Crippen LogP contribution in [0.5, 0.6) is 5.75 Å². The van der Waals surface area contributed by atoms with Crippen LogP contribution in [-0.4, -0.2) is 50.8 Å². The number of carbonyl (C=O) groups excluding carboxylic acids is 2. The number of carbonyl (C=O) groups is 2. The number of amides is 2. The fourth-order valence-corrected chi connectivity index (χ4v) is 6.78. The summed E-state index contributed by atoms with van der Waals surface area (Å²) in [5.41, 5.74) is 0.538. The molecule has 0 bridgehead atoms. The number of nitrogens with zero attached hydrogens (tertiary/aromatic N) is 1. The molecule has 2 amide bonds. The molecule has 42 heavy (non-hydrogen) atoms. The molecule has 2 N–H and O–H groups in total. The predicted molar refractivity (Wildman–Crippen MR) is 162 cm³/mol. The molecule has 3 aromatic carbocycles. The number of likely N-dealkylation sites (tertiary alicyclic amines) is 1. The van der Waals surface area contributed by atoms with Gasteiger partial charge in [0.25, 0.3) is 15.9 Å². The third-order valence-electron chi connectivity index (χ3n) is 8.09. The van der Waals surface area contributed by atoms with Crippen molar-refractivity contribution >= 4 is 33.4 Å². The van der Waals surface area contributed by atoms with Crippen LogP contribution in [0.15, 0.2) is 96.4 Å². The molecule has 10 heteroatoms. The average Bonchev–Trinajstić information content (AvgIpc) is 3.71. The maximum Gasteiger partial charge on any atom is 0.264 e. The van der Waals surface area contributed by atoms with Crippen LogP contribution < -0.4 is 14.8 Å². The molecule has 0 spiro atoms. The van der Waals surface area contributed by atoms with Crippen LogP contribution >= 0.6 is 11.6 Å². The van der Waals surface area contributed by atoms with E-state index in [1.807, 2.05) is 49.5 Å². The summed E-state index contributed by atoms with van der Waals surface area (Å²) in [7, 11) is -2.30. The van der Waals surface area contributed by atoms with Gasteiger partial charge in [-0.1, -0.05) is 66.2 Å². The van der Waals surface area contributed by atoms with Crippen LogP contribution in [0, 0.1) is 11.8 Å². The van der Waals surface area contributed by atoms with Crippen molar-refractivity contribution in [2.24, 2.45) is 11.8 Å². The summed E-state index contributed by atoms with van der Waals surface area (Å²) < 4.78 is 34.5. The van der Waals surface area contributed by atoms with Gasteiger partial charge in [-0.2, -0.15) is 0 Å². The smallest absolute Gasteiger partial charge is 0.264 e.